The fraction of sp³-hybridized carbons (Fsp3) is 0.500. The number of nitrogens with one attached hydrogen (secondary N) is 2. The topological polar surface area (TPSA) is 36.4 Å². The lowest BCUT2D eigenvalue weighted by molar-refractivity contribution is 0.799. The van der Waals surface area contributed by atoms with Crippen LogP contribution in [-0.2, 0) is 0 Å². The number of hydrogen-bond donors (Lipinski definition) is 2. The van der Waals surface area contributed by atoms with Gasteiger partial charge in [0.05, 0.1) is 0 Å². The van der Waals surface area contributed by atoms with Gasteiger partial charge in [0.15, 0.2) is 5.96 Å². The maximum atomic E-state index is 4.42. The van der Waals surface area contributed by atoms with Gasteiger partial charge in [-0.3, -0.25) is 4.99 Å². The van der Waals surface area contributed by atoms with Crippen LogP contribution in [0.15, 0.2) is 33.7 Å². The molecule has 4 heteroatoms. The van der Waals surface area contributed by atoms with Crippen molar-refractivity contribution in [2.24, 2.45) is 4.99 Å². The summed E-state index contributed by atoms with van der Waals surface area (Å²) in [5.74, 6) is 1.56. The summed E-state index contributed by atoms with van der Waals surface area (Å²) in [6.07, 6.45) is 1.19. The van der Waals surface area contributed by atoms with E-state index in [1.807, 2.05) is 0 Å². The van der Waals surface area contributed by atoms with Crippen LogP contribution in [0.25, 0.3) is 0 Å². The Morgan fingerprint density at radius 1 is 1.33 bits per heavy atom. The molecule has 0 bridgehead atoms. The van der Waals surface area contributed by atoms with Crippen molar-refractivity contribution in [2.45, 2.75) is 32.2 Å². The lowest BCUT2D eigenvalue weighted by Crippen LogP contribution is -2.39. The van der Waals surface area contributed by atoms with Crippen LogP contribution >= 0.6 is 15.9 Å². The number of aliphatic imine (C=N–C) groups is 1. The Morgan fingerprint density at radius 2 is 2.06 bits per heavy atom. The van der Waals surface area contributed by atoms with Crippen LogP contribution in [-0.4, -0.2) is 25.1 Å². The summed E-state index contributed by atoms with van der Waals surface area (Å²) >= 11 is 3.47. The second kappa shape index (κ2) is 6.23. The van der Waals surface area contributed by atoms with E-state index < -0.39 is 0 Å². The van der Waals surface area contributed by atoms with Gasteiger partial charge in [-0.2, -0.15) is 0 Å². The number of halogens is 1. The SMILES string of the molecule is CCN=C(NCC)NC1CC1c1ccc(Br)cc1. The van der Waals surface area contributed by atoms with Crippen LogP contribution in [0, 0.1) is 0 Å². The highest BCUT2D eigenvalue weighted by Crippen LogP contribution is 2.40. The minimum Gasteiger partial charge on any atom is -0.357 e. The predicted molar refractivity (Wildman–Crippen MR) is 80.1 cm³/mol. The second-order valence-corrected chi connectivity index (χ2v) is 5.41. The molecule has 1 saturated carbocycles. The summed E-state index contributed by atoms with van der Waals surface area (Å²) in [5, 5.41) is 6.75. The average molecular weight is 310 g/mol. The van der Waals surface area contributed by atoms with E-state index >= 15 is 0 Å². The molecule has 98 valence electrons. The molecule has 2 unspecified atom stereocenters. The van der Waals surface area contributed by atoms with Crippen molar-refractivity contribution in [1.82, 2.24) is 10.6 Å². The lowest BCUT2D eigenvalue weighted by atomic mass is 10.1. The predicted octanol–water partition coefficient (Wildman–Crippen LogP) is 2.88. The minimum absolute atomic E-state index is 0.524. The number of rotatable bonds is 4. The van der Waals surface area contributed by atoms with Gasteiger partial charge in [0, 0.05) is 29.5 Å². The van der Waals surface area contributed by atoms with Crippen molar-refractivity contribution in [1.29, 1.82) is 0 Å². The molecule has 0 radical (unpaired) electrons. The summed E-state index contributed by atoms with van der Waals surface area (Å²) in [4.78, 5) is 4.42. The van der Waals surface area contributed by atoms with Crippen molar-refractivity contribution in [2.75, 3.05) is 13.1 Å². The quantitative estimate of drug-likeness (QED) is 0.663. The smallest absolute Gasteiger partial charge is 0.191 e. The van der Waals surface area contributed by atoms with Crippen molar-refractivity contribution in [3.63, 3.8) is 0 Å². The van der Waals surface area contributed by atoms with Crippen molar-refractivity contribution in [3.05, 3.63) is 34.3 Å². The molecular weight excluding hydrogens is 290 g/mol. The standard InChI is InChI=1S/C14H20BrN3/c1-3-16-14(17-4-2)18-13-9-12(13)10-5-7-11(15)8-6-10/h5-8,12-13H,3-4,9H2,1-2H3,(H2,16,17,18). The first-order valence-electron chi connectivity index (χ1n) is 6.55. The molecule has 2 rings (SSSR count). The van der Waals surface area contributed by atoms with Gasteiger partial charge in [-0.25, -0.2) is 0 Å². The fourth-order valence-electron chi connectivity index (χ4n) is 2.09. The van der Waals surface area contributed by atoms with E-state index in [0.29, 0.717) is 12.0 Å². The lowest BCUT2D eigenvalue weighted by Gasteiger charge is -2.10. The molecule has 0 amide bonds. The van der Waals surface area contributed by atoms with E-state index in [-0.39, 0.29) is 0 Å². The fourth-order valence-corrected chi connectivity index (χ4v) is 2.35. The number of benzene rings is 1. The van der Waals surface area contributed by atoms with Gasteiger partial charge < -0.3 is 10.6 Å². The largest absolute Gasteiger partial charge is 0.357 e. The molecule has 0 aromatic heterocycles. The van der Waals surface area contributed by atoms with E-state index in [9.17, 15) is 0 Å². The Labute approximate surface area is 117 Å². The molecule has 2 atom stereocenters. The molecule has 1 aromatic rings. The van der Waals surface area contributed by atoms with Crippen molar-refractivity contribution >= 4 is 21.9 Å². The van der Waals surface area contributed by atoms with E-state index in [1.54, 1.807) is 0 Å². The molecule has 0 saturated heterocycles. The monoisotopic (exact) mass is 309 g/mol. The zero-order chi connectivity index (χ0) is 13.0. The summed E-state index contributed by atoms with van der Waals surface area (Å²) in [6.45, 7) is 5.86. The van der Waals surface area contributed by atoms with Crippen LogP contribution < -0.4 is 10.6 Å². The maximum Gasteiger partial charge on any atom is 0.191 e. The molecule has 1 aromatic carbocycles. The van der Waals surface area contributed by atoms with E-state index in [4.69, 9.17) is 0 Å². The Kier molecular flexibility index (Phi) is 4.64. The summed E-state index contributed by atoms with van der Waals surface area (Å²) < 4.78 is 1.14. The van der Waals surface area contributed by atoms with Crippen LogP contribution in [0.3, 0.4) is 0 Å². The third-order valence-corrected chi connectivity index (χ3v) is 3.60. The maximum absolute atomic E-state index is 4.42. The number of guanidine groups is 1. The van der Waals surface area contributed by atoms with E-state index in [2.05, 4.69) is 69.7 Å². The van der Waals surface area contributed by atoms with Gasteiger partial charge in [0.25, 0.3) is 0 Å². The Hall–Kier alpha value is -1.03. The molecule has 18 heavy (non-hydrogen) atoms. The summed E-state index contributed by atoms with van der Waals surface area (Å²) in [5.41, 5.74) is 1.41. The summed E-state index contributed by atoms with van der Waals surface area (Å²) in [7, 11) is 0. The van der Waals surface area contributed by atoms with Crippen LogP contribution in [0.1, 0.15) is 31.7 Å². The number of hydrogen-bond acceptors (Lipinski definition) is 1. The van der Waals surface area contributed by atoms with Gasteiger partial charge in [0.1, 0.15) is 0 Å². The zero-order valence-electron chi connectivity index (χ0n) is 10.9. The molecule has 0 spiro atoms. The highest BCUT2D eigenvalue weighted by atomic mass is 79.9. The second-order valence-electron chi connectivity index (χ2n) is 4.50. The molecule has 3 nitrogen and oxygen atoms in total. The molecule has 1 aliphatic carbocycles. The highest BCUT2D eigenvalue weighted by molar-refractivity contribution is 9.10. The van der Waals surface area contributed by atoms with Crippen molar-refractivity contribution < 1.29 is 0 Å². The Balaban J connectivity index is 1.90. The third-order valence-electron chi connectivity index (χ3n) is 3.07. The molecule has 0 aliphatic heterocycles. The minimum atomic E-state index is 0.524. The first-order valence-corrected chi connectivity index (χ1v) is 7.34. The molecule has 2 N–H and O–H groups in total. The van der Waals surface area contributed by atoms with Crippen LogP contribution in [0.2, 0.25) is 0 Å². The molecule has 0 heterocycles. The number of nitrogens with zero attached hydrogens (tertiary/aromatic N) is 1. The van der Waals surface area contributed by atoms with Crippen molar-refractivity contribution in [3.8, 4) is 0 Å². The van der Waals surface area contributed by atoms with Gasteiger partial charge >= 0.3 is 0 Å². The van der Waals surface area contributed by atoms with E-state index in [0.717, 1.165) is 23.5 Å². The molecular formula is C14H20BrN3. The van der Waals surface area contributed by atoms with Gasteiger partial charge in [0.2, 0.25) is 0 Å². The highest BCUT2D eigenvalue weighted by Gasteiger charge is 2.38. The van der Waals surface area contributed by atoms with E-state index in [1.165, 1.54) is 12.0 Å². The van der Waals surface area contributed by atoms with Crippen LogP contribution in [0.4, 0.5) is 0 Å². The zero-order valence-corrected chi connectivity index (χ0v) is 12.5. The Bertz CT molecular complexity index is 414. The first kappa shape index (κ1) is 13.4. The van der Waals surface area contributed by atoms with Gasteiger partial charge in [-0.05, 0) is 38.0 Å². The average Bonchev–Trinajstić information content (AvgIpc) is 3.10. The molecule has 1 aliphatic rings. The summed E-state index contributed by atoms with van der Waals surface area (Å²) in [6, 6.07) is 9.13. The first-order chi connectivity index (χ1) is 8.74. The molecule has 1 fully saturated rings. The van der Waals surface area contributed by atoms with Crippen LogP contribution in [0.5, 0.6) is 0 Å². The Morgan fingerprint density at radius 3 is 2.67 bits per heavy atom. The van der Waals surface area contributed by atoms with Gasteiger partial charge in [-0.15, -0.1) is 0 Å². The normalized spacial score (nSPS) is 22.7. The van der Waals surface area contributed by atoms with Gasteiger partial charge in [-0.1, -0.05) is 28.1 Å². The third kappa shape index (κ3) is 3.48.